The number of rotatable bonds is 2. The first-order chi connectivity index (χ1) is 7.83. The molecule has 0 saturated carbocycles. The molecule has 0 atom stereocenters. The summed E-state index contributed by atoms with van der Waals surface area (Å²) in [5.41, 5.74) is 2.04. The fourth-order valence-corrected chi connectivity index (χ4v) is 2.17. The van der Waals surface area contributed by atoms with Gasteiger partial charge < -0.3 is 9.09 Å². The van der Waals surface area contributed by atoms with Crippen molar-refractivity contribution in [1.82, 2.24) is 9.72 Å². The van der Waals surface area contributed by atoms with Crippen molar-refractivity contribution < 1.29 is 9.32 Å². The van der Waals surface area contributed by atoms with E-state index in [-0.39, 0.29) is 5.78 Å². The summed E-state index contributed by atoms with van der Waals surface area (Å²) in [6, 6.07) is 1.83. The van der Waals surface area contributed by atoms with E-state index in [9.17, 15) is 4.79 Å². The molecule has 1 aliphatic rings. The van der Waals surface area contributed by atoms with E-state index in [0.29, 0.717) is 13.0 Å². The predicted molar refractivity (Wildman–Crippen MR) is 57.3 cm³/mol. The van der Waals surface area contributed by atoms with Crippen LogP contribution in [-0.4, -0.2) is 15.5 Å². The average molecular weight is 216 g/mol. The Morgan fingerprint density at radius 3 is 3.06 bits per heavy atom. The molecule has 0 bridgehead atoms. The van der Waals surface area contributed by atoms with Crippen molar-refractivity contribution in [1.29, 1.82) is 0 Å². The first-order valence-corrected chi connectivity index (χ1v) is 5.44. The highest BCUT2D eigenvalue weighted by atomic mass is 16.5. The third-order valence-electron chi connectivity index (χ3n) is 2.94. The van der Waals surface area contributed by atoms with Crippen LogP contribution in [0.5, 0.6) is 0 Å². The molecule has 0 aromatic carbocycles. The Kier molecular flexibility index (Phi) is 2.13. The van der Waals surface area contributed by atoms with E-state index in [1.807, 2.05) is 23.0 Å². The lowest BCUT2D eigenvalue weighted by atomic mass is 9.95. The average Bonchev–Trinajstić information content (AvgIpc) is 2.88. The van der Waals surface area contributed by atoms with E-state index >= 15 is 0 Å². The summed E-state index contributed by atoms with van der Waals surface area (Å²) in [7, 11) is 0. The zero-order chi connectivity index (χ0) is 11.0. The molecule has 16 heavy (non-hydrogen) atoms. The molecule has 0 saturated heterocycles. The molecule has 0 amide bonds. The maximum Gasteiger partial charge on any atom is 0.164 e. The standard InChI is InChI=1S/C12H12N2O2/c15-12-3-1-2-9-6-14(8-11(9)12)7-10-4-5-13-16-10/h4-6,8H,1-3,7H2. The Hall–Kier alpha value is -1.84. The monoisotopic (exact) mass is 216 g/mol. The Labute approximate surface area is 92.9 Å². The fourth-order valence-electron chi connectivity index (χ4n) is 2.17. The van der Waals surface area contributed by atoms with Crippen LogP contribution in [0.4, 0.5) is 0 Å². The van der Waals surface area contributed by atoms with Crippen molar-refractivity contribution in [2.24, 2.45) is 0 Å². The molecule has 1 aliphatic carbocycles. The van der Waals surface area contributed by atoms with Crippen molar-refractivity contribution in [3.8, 4) is 0 Å². The highest BCUT2D eigenvalue weighted by molar-refractivity contribution is 5.98. The van der Waals surface area contributed by atoms with Crippen LogP contribution in [0, 0.1) is 0 Å². The van der Waals surface area contributed by atoms with Gasteiger partial charge in [0.15, 0.2) is 11.5 Å². The van der Waals surface area contributed by atoms with Gasteiger partial charge in [-0.3, -0.25) is 4.79 Å². The fraction of sp³-hybridized carbons (Fsp3) is 0.333. The van der Waals surface area contributed by atoms with Crippen LogP contribution in [0.1, 0.15) is 34.5 Å². The Balaban J connectivity index is 1.89. The van der Waals surface area contributed by atoms with Gasteiger partial charge in [-0.1, -0.05) is 5.16 Å². The molecule has 82 valence electrons. The van der Waals surface area contributed by atoms with Gasteiger partial charge in [0.05, 0.1) is 12.7 Å². The molecule has 2 aromatic heterocycles. The zero-order valence-electron chi connectivity index (χ0n) is 8.85. The number of carbonyl (C=O) groups excluding carboxylic acids is 1. The minimum absolute atomic E-state index is 0.262. The van der Waals surface area contributed by atoms with E-state index < -0.39 is 0 Å². The van der Waals surface area contributed by atoms with Crippen LogP contribution < -0.4 is 0 Å². The molecular formula is C12H12N2O2. The van der Waals surface area contributed by atoms with Crippen LogP contribution in [0.15, 0.2) is 29.2 Å². The number of hydrogen-bond donors (Lipinski definition) is 0. The molecule has 4 nitrogen and oxygen atoms in total. The summed E-state index contributed by atoms with van der Waals surface area (Å²) in [6.45, 7) is 0.639. The summed E-state index contributed by atoms with van der Waals surface area (Å²) in [4.78, 5) is 11.7. The first-order valence-electron chi connectivity index (χ1n) is 5.44. The van der Waals surface area contributed by atoms with Crippen molar-refractivity contribution in [2.75, 3.05) is 0 Å². The molecule has 0 fully saturated rings. The first kappa shape index (κ1) is 9.39. The summed E-state index contributed by atoms with van der Waals surface area (Å²) >= 11 is 0. The molecule has 0 N–H and O–H groups in total. The second-order valence-corrected chi connectivity index (χ2v) is 4.12. The largest absolute Gasteiger partial charge is 0.359 e. The Morgan fingerprint density at radius 2 is 2.31 bits per heavy atom. The number of aromatic nitrogens is 2. The van der Waals surface area contributed by atoms with E-state index in [0.717, 1.165) is 29.7 Å². The second-order valence-electron chi connectivity index (χ2n) is 4.12. The van der Waals surface area contributed by atoms with Gasteiger partial charge in [0.25, 0.3) is 0 Å². The van der Waals surface area contributed by atoms with Gasteiger partial charge in [-0.15, -0.1) is 0 Å². The Bertz CT molecular complexity index is 511. The van der Waals surface area contributed by atoms with Crippen LogP contribution in [0.2, 0.25) is 0 Å². The minimum atomic E-state index is 0.262. The molecular weight excluding hydrogens is 204 g/mol. The van der Waals surface area contributed by atoms with Gasteiger partial charge in [0.2, 0.25) is 0 Å². The number of hydrogen-bond acceptors (Lipinski definition) is 3. The molecule has 3 rings (SSSR count). The van der Waals surface area contributed by atoms with Gasteiger partial charge in [-0.2, -0.15) is 0 Å². The normalized spacial score (nSPS) is 15.1. The summed E-state index contributed by atoms with van der Waals surface area (Å²) in [5.74, 6) is 1.07. The van der Waals surface area contributed by atoms with Crippen LogP contribution in [0.25, 0.3) is 0 Å². The third-order valence-corrected chi connectivity index (χ3v) is 2.94. The molecule has 0 unspecified atom stereocenters. The van der Waals surface area contributed by atoms with E-state index in [4.69, 9.17) is 4.52 Å². The maximum atomic E-state index is 11.7. The van der Waals surface area contributed by atoms with Crippen molar-refractivity contribution in [2.45, 2.75) is 25.8 Å². The number of carbonyl (C=O) groups is 1. The lowest BCUT2D eigenvalue weighted by Gasteiger charge is -2.07. The molecule has 2 heterocycles. The number of aryl methyl sites for hydroxylation is 1. The van der Waals surface area contributed by atoms with Gasteiger partial charge in [0, 0.05) is 30.4 Å². The van der Waals surface area contributed by atoms with Gasteiger partial charge in [-0.05, 0) is 18.4 Å². The SMILES string of the molecule is O=C1CCCc2cn(Cc3ccno3)cc21. The molecule has 0 radical (unpaired) electrons. The summed E-state index contributed by atoms with van der Waals surface area (Å²) in [6.07, 6.45) is 8.24. The summed E-state index contributed by atoms with van der Waals surface area (Å²) < 4.78 is 7.03. The maximum absolute atomic E-state index is 11.7. The number of Topliss-reactive ketones (excluding diaryl/α,β-unsaturated/α-hetero) is 1. The van der Waals surface area contributed by atoms with Crippen molar-refractivity contribution >= 4 is 5.78 Å². The second kappa shape index (κ2) is 3.63. The molecule has 2 aromatic rings. The number of nitrogens with zero attached hydrogens (tertiary/aromatic N) is 2. The van der Waals surface area contributed by atoms with Crippen molar-refractivity contribution in [3.05, 3.63) is 41.5 Å². The van der Waals surface area contributed by atoms with Gasteiger partial charge in [0.1, 0.15) is 0 Å². The quantitative estimate of drug-likeness (QED) is 0.771. The number of fused-ring (bicyclic) bond motifs is 1. The van der Waals surface area contributed by atoms with E-state index in [1.165, 1.54) is 0 Å². The highest BCUT2D eigenvalue weighted by Crippen LogP contribution is 2.22. The van der Waals surface area contributed by atoms with Crippen LogP contribution >= 0.6 is 0 Å². The smallest absolute Gasteiger partial charge is 0.164 e. The Morgan fingerprint density at radius 1 is 1.38 bits per heavy atom. The lowest BCUT2D eigenvalue weighted by Crippen LogP contribution is -2.07. The lowest BCUT2D eigenvalue weighted by molar-refractivity contribution is 0.0973. The van der Waals surface area contributed by atoms with E-state index in [1.54, 1.807) is 6.20 Å². The zero-order valence-corrected chi connectivity index (χ0v) is 8.85. The van der Waals surface area contributed by atoms with Crippen LogP contribution in [0.3, 0.4) is 0 Å². The van der Waals surface area contributed by atoms with Gasteiger partial charge >= 0.3 is 0 Å². The minimum Gasteiger partial charge on any atom is -0.359 e. The third kappa shape index (κ3) is 1.56. The molecule has 0 aliphatic heterocycles. The molecule has 4 heteroatoms. The molecule has 0 spiro atoms. The van der Waals surface area contributed by atoms with Crippen LogP contribution in [-0.2, 0) is 13.0 Å². The summed E-state index contributed by atoms with van der Waals surface area (Å²) in [5, 5.41) is 3.66. The van der Waals surface area contributed by atoms with Crippen molar-refractivity contribution in [3.63, 3.8) is 0 Å². The predicted octanol–water partition coefficient (Wildman–Crippen LogP) is 2.04. The topological polar surface area (TPSA) is 48.0 Å². The highest BCUT2D eigenvalue weighted by Gasteiger charge is 2.19. The number of ketones is 1. The van der Waals surface area contributed by atoms with Gasteiger partial charge in [-0.25, -0.2) is 0 Å². The van der Waals surface area contributed by atoms with E-state index in [2.05, 4.69) is 5.16 Å².